The van der Waals surface area contributed by atoms with E-state index in [2.05, 4.69) is 19.1 Å². The molecule has 1 saturated carbocycles. The van der Waals surface area contributed by atoms with Gasteiger partial charge in [0.15, 0.2) is 0 Å². The number of hydrogen-bond acceptors (Lipinski definition) is 4. The highest BCUT2D eigenvalue weighted by Gasteiger charge is 2.39. The largest absolute Gasteiger partial charge is 0.477 e. The van der Waals surface area contributed by atoms with E-state index in [0.29, 0.717) is 24.2 Å². The molecule has 0 radical (unpaired) electrons. The van der Waals surface area contributed by atoms with Crippen molar-refractivity contribution in [3.63, 3.8) is 0 Å². The molecule has 27 heavy (non-hydrogen) atoms. The van der Waals surface area contributed by atoms with Crippen LogP contribution in [0, 0.1) is 23.7 Å². The molecule has 1 aliphatic carbocycles. The van der Waals surface area contributed by atoms with Gasteiger partial charge in [0.25, 0.3) is 5.79 Å². The van der Waals surface area contributed by atoms with E-state index in [1.165, 1.54) is 38.5 Å². The maximum Gasteiger partial charge on any atom is 0.364 e. The van der Waals surface area contributed by atoms with E-state index in [1.54, 1.807) is 6.92 Å². The zero-order valence-electron chi connectivity index (χ0n) is 17.3. The van der Waals surface area contributed by atoms with Crippen molar-refractivity contribution in [2.75, 3.05) is 6.54 Å². The SMILES string of the molecule is CCCCCCC=C[C@@H]1[C@H](CCCCC(C)C(O)(O)C(=O)O)CC[C@H]1CN. The number of unbranched alkanes of at least 4 members (excludes halogenated alkanes) is 5. The van der Waals surface area contributed by atoms with Gasteiger partial charge in [-0.1, -0.05) is 58.1 Å². The van der Waals surface area contributed by atoms with Crippen LogP contribution >= 0.6 is 0 Å². The molecule has 5 heteroatoms. The molecule has 0 aromatic carbocycles. The van der Waals surface area contributed by atoms with Crippen LogP contribution in [0.3, 0.4) is 0 Å². The summed E-state index contributed by atoms with van der Waals surface area (Å²) < 4.78 is 0. The lowest BCUT2D eigenvalue weighted by Gasteiger charge is -2.24. The Morgan fingerprint density at radius 3 is 2.48 bits per heavy atom. The van der Waals surface area contributed by atoms with E-state index in [1.807, 2.05) is 0 Å². The number of nitrogens with two attached hydrogens (primary N) is 1. The van der Waals surface area contributed by atoms with Crippen LogP contribution in [0.4, 0.5) is 0 Å². The summed E-state index contributed by atoms with van der Waals surface area (Å²) in [6, 6.07) is 0. The van der Waals surface area contributed by atoms with E-state index in [9.17, 15) is 15.0 Å². The minimum atomic E-state index is -2.62. The number of carboxylic acids is 1. The van der Waals surface area contributed by atoms with Gasteiger partial charge in [-0.3, -0.25) is 0 Å². The zero-order valence-corrected chi connectivity index (χ0v) is 17.3. The van der Waals surface area contributed by atoms with Gasteiger partial charge in [-0.2, -0.15) is 0 Å². The maximum absolute atomic E-state index is 10.9. The highest BCUT2D eigenvalue weighted by molar-refractivity contribution is 5.75. The van der Waals surface area contributed by atoms with Crippen LogP contribution in [0.2, 0.25) is 0 Å². The smallest absolute Gasteiger partial charge is 0.364 e. The molecule has 0 aromatic heterocycles. The van der Waals surface area contributed by atoms with Crippen LogP contribution in [0.25, 0.3) is 0 Å². The number of aliphatic carboxylic acids is 1. The second-order valence-electron chi connectivity index (χ2n) is 8.40. The third kappa shape index (κ3) is 7.92. The van der Waals surface area contributed by atoms with Crippen LogP contribution in [-0.2, 0) is 4.79 Å². The Labute approximate surface area is 165 Å². The van der Waals surface area contributed by atoms with E-state index in [0.717, 1.165) is 32.2 Å². The number of hydrogen-bond donors (Lipinski definition) is 4. The second-order valence-corrected chi connectivity index (χ2v) is 8.40. The first kappa shape index (κ1) is 24.1. The molecule has 1 fully saturated rings. The predicted octanol–water partition coefficient (Wildman–Crippen LogP) is 4.08. The molecule has 1 aliphatic rings. The Kier molecular flexibility index (Phi) is 11.2. The number of aliphatic hydroxyl groups is 2. The molecule has 0 saturated heterocycles. The van der Waals surface area contributed by atoms with Crippen LogP contribution in [-0.4, -0.2) is 33.6 Å². The first-order chi connectivity index (χ1) is 12.8. The lowest BCUT2D eigenvalue weighted by molar-refractivity contribution is -0.221. The number of rotatable bonds is 14. The van der Waals surface area contributed by atoms with Gasteiger partial charge in [-0.25, -0.2) is 4.79 Å². The highest BCUT2D eigenvalue weighted by Crippen LogP contribution is 2.40. The van der Waals surface area contributed by atoms with E-state index in [-0.39, 0.29) is 0 Å². The summed E-state index contributed by atoms with van der Waals surface area (Å²) >= 11 is 0. The standard InChI is InChI=1S/C22H41NO4/c1-3-4-5-6-7-8-13-20-18(14-15-19(20)16-23)12-10-9-11-17(2)22(26,27)21(24)25/h8,13,17-20,26-27H,3-7,9-12,14-16,23H2,1-2H3,(H,24,25)/t17?,18-,19+,20-/m1/s1. The second kappa shape index (κ2) is 12.5. The van der Waals surface area contributed by atoms with Crippen molar-refractivity contribution in [3.8, 4) is 0 Å². The fourth-order valence-corrected chi connectivity index (χ4v) is 4.34. The number of allylic oxidation sites excluding steroid dienone is 2. The van der Waals surface area contributed by atoms with Crippen molar-refractivity contribution in [1.29, 1.82) is 0 Å². The van der Waals surface area contributed by atoms with Crippen molar-refractivity contribution < 1.29 is 20.1 Å². The zero-order chi connectivity index (χ0) is 20.3. The quantitative estimate of drug-likeness (QED) is 0.206. The summed E-state index contributed by atoms with van der Waals surface area (Å²) in [5.41, 5.74) is 5.98. The molecule has 0 heterocycles. The summed E-state index contributed by atoms with van der Waals surface area (Å²) in [6.45, 7) is 4.56. The highest BCUT2D eigenvalue weighted by atomic mass is 16.5. The molecule has 5 nitrogen and oxygen atoms in total. The Balaban J connectivity index is 2.39. The molecule has 0 amide bonds. The molecule has 4 atom stereocenters. The molecule has 5 N–H and O–H groups in total. The average molecular weight is 384 g/mol. The summed E-state index contributed by atoms with van der Waals surface area (Å²) in [5, 5.41) is 28.0. The van der Waals surface area contributed by atoms with Gasteiger partial charge in [0.1, 0.15) is 0 Å². The molecular formula is C22H41NO4. The Bertz CT molecular complexity index is 450. The maximum atomic E-state index is 10.9. The van der Waals surface area contributed by atoms with Gasteiger partial charge < -0.3 is 21.1 Å². The summed E-state index contributed by atoms with van der Waals surface area (Å²) in [5.74, 6) is -3.08. The van der Waals surface area contributed by atoms with Crippen molar-refractivity contribution in [3.05, 3.63) is 12.2 Å². The molecule has 0 spiro atoms. The molecule has 1 rings (SSSR count). The molecule has 0 aromatic rings. The lowest BCUT2D eigenvalue weighted by atomic mass is 9.85. The molecule has 0 bridgehead atoms. The van der Waals surface area contributed by atoms with Gasteiger partial charge in [0, 0.05) is 5.92 Å². The monoisotopic (exact) mass is 383 g/mol. The van der Waals surface area contributed by atoms with Gasteiger partial charge >= 0.3 is 5.97 Å². The Morgan fingerprint density at radius 2 is 1.85 bits per heavy atom. The summed E-state index contributed by atoms with van der Waals surface area (Å²) in [7, 11) is 0. The summed E-state index contributed by atoms with van der Waals surface area (Å²) in [4.78, 5) is 10.9. The van der Waals surface area contributed by atoms with Gasteiger partial charge in [-0.05, 0) is 62.8 Å². The Morgan fingerprint density at radius 1 is 1.15 bits per heavy atom. The Hall–Kier alpha value is -0.910. The van der Waals surface area contributed by atoms with Crippen LogP contribution in [0.1, 0.15) is 84.5 Å². The first-order valence-electron chi connectivity index (χ1n) is 10.9. The molecule has 158 valence electrons. The topological polar surface area (TPSA) is 104 Å². The fourth-order valence-electron chi connectivity index (χ4n) is 4.34. The van der Waals surface area contributed by atoms with Crippen molar-refractivity contribution >= 4 is 5.97 Å². The van der Waals surface area contributed by atoms with E-state index < -0.39 is 17.7 Å². The van der Waals surface area contributed by atoms with Crippen LogP contribution in [0.15, 0.2) is 12.2 Å². The average Bonchev–Trinajstić information content (AvgIpc) is 3.03. The molecule has 0 aliphatic heterocycles. The van der Waals surface area contributed by atoms with Gasteiger partial charge in [-0.15, -0.1) is 0 Å². The third-order valence-corrected chi connectivity index (χ3v) is 6.35. The normalized spacial score (nSPS) is 24.6. The van der Waals surface area contributed by atoms with E-state index in [4.69, 9.17) is 10.8 Å². The van der Waals surface area contributed by atoms with Crippen LogP contribution < -0.4 is 5.73 Å². The van der Waals surface area contributed by atoms with Gasteiger partial charge in [0.05, 0.1) is 0 Å². The molecular weight excluding hydrogens is 342 g/mol. The van der Waals surface area contributed by atoms with Crippen LogP contribution in [0.5, 0.6) is 0 Å². The van der Waals surface area contributed by atoms with Crippen molar-refractivity contribution in [1.82, 2.24) is 0 Å². The summed E-state index contributed by atoms with van der Waals surface area (Å²) in [6.07, 6.45) is 16.9. The fraction of sp³-hybridized carbons (Fsp3) is 0.864. The van der Waals surface area contributed by atoms with Crippen molar-refractivity contribution in [2.45, 2.75) is 90.3 Å². The lowest BCUT2D eigenvalue weighted by Crippen LogP contribution is -2.44. The molecule has 1 unspecified atom stereocenters. The van der Waals surface area contributed by atoms with Crippen molar-refractivity contribution in [2.24, 2.45) is 29.4 Å². The number of carboxylic acid groups (broad SMARTS) is 1. The van der Waals surface area contributed by atoms with E-state index >= 15 is 0 Å². The minimum absolute atomic E-state index is 0.504. The third-order valence-electron chi connectivity index (χ3n) is 6.35. The minimum Gasteiger partial charge on any atom is -0.477 e. The predicted molar refractivity (Wildman–Crippen MR) is 109 cm³/mol. The number of carbonyl (C=O) groups is 1. The van der Waals surface area contributed by atoms with Gasteiger partial charge in [0.2, 0.25) is 0 Å². The first-order valence-corrected chi connectivity index (χ1v) is 10.9.